The molecule has 0 spiro atoms. The van der Waals surface area contributed by atoms with E-state index in [-0.39, 0.29) is 5.97 Å². The second-order valence-corrected chi connectivity index (χ2v) is 6.52. The van der Waals surface area contributed by atoms with Gasteiger partial charge in [-0.25, -0.2) is 0 Å². The minimum absolute atomic E-state index is 0.124. The number of nitrogens with zero attached hydrogens (tertiary/aromatic N) is 2. The lowest BCUT2D eigenvalue weighted by atomic mass is 9.66. The molecular formula is C20H22N2O2. The molecule has 1 fully saturated rings. The van der Waals surface area contributed by atoms with Gasteiger partial charge in [0.2, 0.25) is 0 Å². The Bertz CT molecular complexity index is 765. The zero-order valence-electron chi connectivity index (χ0n) is 14.0. The van der Waals surface area contributed by atoms with Crippen LogP contribution < -0.4 is 0 Å². The average Bonchev–Trinajstić information content (AvgIpc) is 2.62. The van der Waals surface area contributed by atoms with Crippen LogP contribution in [0.1, 0.15) is 44.6 Å². The SMILES string of the molecule is CCOC(=O)CC1CCC(C#N)(c2ccnc3ccccc23)CC1. The Morgan fingerprint density at radius 1 is 1.33 bits per heavy atom. The molecule has 2 aromatic rings. The van der Waals surface area contributed by atoms with E-state index in [4.69, 9.17) is 4.74 Å². The summed E-state index contributed by atoms with van der Waals surface area (Å²) in [4.78, 5) is 16.1. The highest BCUT2D eigenvalue weighted by Gasteiger charge is 2.38. The lowest BCUT2D eigenvalue weighted by molar-refractivity contribution is -0.144. The van der Waals surface area contributed by atoms with Crippen molar-refractivity contribution in [1.29, 1.82) is 5.26 Å². The van der Waals surface area contributed by atoms with Crippen molar-refractivity contribution in [3.63, 3.8) is 0 Å². The van der Waals surface area contributed by atoms with E-state index in [0.29, 0.717) is 18.9 Å². The molecule has 3 rings (SSSR count). The Balaban J connectivity index is 1.82. The van der Waals surface area contributed by atoms with Gasteiger partial charge in [0, 0.05) is 18.0 Å². The molecule has 1 aromatic heterocycles. The molecule has 1 saturated carbocycles. The fourth-order valence-corrected chi connectivity index (χ4v) is 3.78. The van der Waals surface area contributed by atoms with Gasteiger partial charge in [-0.1, -0.05) is 18.2 Å². The lowest BCUT2D eigenvalue weighted by Gasteiger charge is -2.35. The summed E-state index contributed by atoms with van der Waals surface area (Å²) in [5.41, 5.74) is 1.52. The number of fused-ring (bicyclic) bond motifs is 1. The zero-order valence-corrected chi connectivity index (χ0v) is 14.0. The first-order chi connectivity index (χ1) is 11.7. The Morgan fingerprint density at radius 3 is 2.79 bits per heavy atom. The summed E-state index contributed by atoms with van der Waals surface area (Å²) < 4.78 is 5.05. The zero-order chi connectivity index (χ0) is 17.0. The van der Waals surface area contributed by atoms with Crippen LogP contribution in [0.3, 0.4) is 0 Å². The van der Waals surface area contributed by atoms with E-state index in [0.717, 1.165) is 42.1 Å². The Hall–Kier alpha value is -2.41. The normalized spacial score (nSPS) is 23.6. The highest BCUT2D eigenvalue weighted by molar-refractivity contribution is 5.83. The van der Waals surface area contributed by atoms with Gasteiger partial charge in [-0.2, -0.15) is 5.26 Å². The molecule has 4 nitrogen and oxygen atoms in total. The number of pyridine rings is 1. The third-order valence-corrected chi connectivity index (χ3v) is 5.10. The van der Waals surface area contributed by atoms with Gasteiger partial charge in [-0.05, 0) is 56.2 Å². The number of ether oxygens (including phenoxy) is 1. The number of carbonyl (C=O) groups excluding carboxylic acids is 1. The van der Waals surface area contributed by atoms with Gasteiger partial charge < -0.3 is 4.74 Å². The molecule has 0 bridgehead atoms. The van der Waals surface area contributed by atoms with Crippen LogP contribution in [0.15, 0.2) is 36.5 Å². The van der Waals surface area contributed by atoms with Crippen molar-refractivity contribution >= 4 is 16.9 Å². The highest BCUT2D eigenvalue weighted by Crippen LogP contribution is 2.44. The highest BCUT2D eigenvalue weighted by atomic mass is 16.5. The maximum absolute atomic E-state index is 11.7. The quantitative estimate of drug-likeness (QED) is 0.794. The number of rotatable bonds is 4. The topological polar surface area (TPSA) is 63.0 Å². The molecule has 124 valence electrons. The summed E-state index contributed by atoms with van der Waals surface area (Å²) in [7, 11) is 0. The standard InChI is InChI=1S/C20H22N2O2/c1-2-24-19(23)13-15-7-10-20(14-21,11-8-15)17-9-12-22-18-6-4-3-5-16(17)18/h3-6,9,12,15H,2,7-8,10-11,13H2,1H3. The Morgan fingerprint density at radius 2 is 2.08 bits per heavy atom. The molecule has 1 heterocycles. The first kappa shape index (κ1) is 16.4. The molecule has 0 unspecified atom stereocenters. The molecule has 0 amide bonds. The van der Waals surface area contributed by atoms with E-state index < -0.39 is 5.41 Å². The average molecular weight is 322 g/mol. The molecule has 0 N–H and O–H groups in total. The van der Waals surface area contributed by atoms with E-state index >= 15 is 0 Å². The molecule has 0 aliphatic heterocycles. The van der Waals surface area contributed by atoms with E-state index in [9.17, 15) is 10.1 Å². The minimum Gasteiger partial charge on any atom is -0.466 e. The smallest absolute Gasteiger partial charge is 0.306 e. The summed E-state index contributed by atoms with van der Waals surface area (Å²) in [6.45, 7) is 2.25. The molecule has 24 heavy (non-hydrogen) atoms. The van der Waals surface area contributed by atoms with E-state index in [1.54, 1.807) is 6.20 Å². The van der Waals surface area contributed by atoms with Gasteiger partial charge in [0.05, 0.1) is 23.6 Å². The van der Waals surface area contributed by atoms with Crippen LogP contribution in [0.4, 0.5) is 0 Å². The predicted octanol–water partition coefficient (Wildman–Crippen LogP) is 4.14. The van der Waals surface area contributed by atoms with Crippen molar-refractivity contribution in [1.82, 2.24) is 4.98 Å². The van der Waals surface area contributed by atoms with Crippen LogP contribution in [-0.2, 0) is 14.9 Å². The van der Waals surface area contributed by atoms with Crippen LogP contribution in [0, 0.1) is 17.2 Å². The summed E-state index contributed by atoms with van der Waals surface area (Å²) in [5, 5.41) is 11.0. The molecule has 0 radical (unpaired) electrons. The van der Waals surface area contributed by atoms with Gasteiger partial charge >= 0.3 is 5.97 Å². The first-order valence-corrected chi connectivity index (χ1v) is 8.59. The Labute approximate surface area is 142 Å². The first-order valence-electron chi connectivity index (χ1n) is 8.59. The van der Waals surface area contributed by atoms with E-state index in [2.05, 4.69) is 11.1 Å². The van der Waals surface area contributed by atoms with Crippen LogP contribution in [0.5, 0.6) is 0 Å². The van der Waals surface area contributed by atoms with Crippen LogP contribution in [0.25, 0.3) is 10.9 Å². The second-order valence-electron chi connectivity index (χ2n) is 6.52. The molecule has 0 saturated heterocycles. The van der Waals surface area contributed by atoms with Crippen LogP contribution >= 0.6 is 0 Å². The maximum Gasteiger partial charge on any atom is 0.306 e. The van der Waals surface area contributed by atoms with Crippen molar-refractivity contribution in [3.05, 3.63) is 42.1 Å². The number of nitriles is 1. The monoisotopic (exact) mass is 322 g/mol. The van der Waals surface area contributed by atoms with E-state index in [1.807, 2.05) is 37.3 Å². The van der Waals surface area contributed by atoms with Gasteiger partial charge in [0.1, 0.15) is 0 Å². The minimum atomic E-state index is -0.478. The third kappa shape index (κ3) is 3.12. The van der Waals surface area contributed by atoms with Crippen molar-refractivity contribution in [2.24, 2.45) is 5.92 Å². The number of hydrogen-bond donors (Lipinski definition) is 0. The van der Waals surface area contributed by atoms with Crippen LogP contribution in [-0.4, -0.2) is 17.6 Å². The van der Waals surface area contributed by atoms with Crippen molar-refractivity contribution in [3.8, 4) is 6.07 Å². The molecular weight excluding hydrogens is 300 g/mol. The van der Waals surface area contributed by atoms with Crippen molar-refractivity contribution in [2.45, 2.75) is 44.4 Å². The number of hydrogen-bond acceptors (Lipinski definition) is 4. The molecule has 1 aliphatic carbocycles. The summed E-state index contributed by atoms with van der Waals surface area (Å²) in [6.07, 6.45) is 5.57. The van der Waals surface area contributed by atoms with Gasteiger partial charge in [-0.15, -0.1) is 0 Å². The largest absolute Gasteiger partial charge is 0.466 e. The van der Waals surface area contributed by atoms with Gasteiger partial charge in [0.25, 0.3) is 0 Å². The predicted molar refractivity (Wildman–Crippen MR) is 92.2 cm³/mol. The molecule has 4 heteroatoms. The number of aromatic nitrogens is 1. The number of carbonyl (C=O) groups is 1. The molecule has 0 atom stereocenters. The molecule has 1 aromatic carbocycles. The van der Waals surface area contributed by atoms with Crippen molar-refractivity contribution in [2.75, 3.05) is 6.61 Å². The van der Waals surface area contributed by atoms with Gasteiger partial charge in [0.15, 0.2) is 0 Å². The number of para-hydroxylation sites is 1. The Kier molecular flexibility index (Phi) is 4.80. The summed E-state index contributed by atoms with van der Waals surface area (Å²) >= 11 is 0. The second kappa shape index (κ2) is 7.00. The van der Waals surface area contributed by atoms with Crippen LogP contribution in [0.2, 0.25) is 0 Å². The third-order valence-electron chi connectivity index (χ3n) is 5.10. The van der Waals surface area contributed by atoms with E-state index in [1.165, 1.54) is 0 Å². The lowest BCUT2D eigenvalue weighted by Crippen LogP contribution is -2.31. The number of benzene rings is 1. The maximum atomic E-state index is 11.7. The fraction of sp³-hybridized carbons (Fsp3) is 0.450. The fourth-order valence-electron chi connectivity index (χ4n) is 3.78. The van der Waals surface area contributed by atoms with Gasteiger partial charge in [-0.3, -0.25) is 9.78 Å². The number of esters is 1. The summed E-state index contributed by atoms with van der Waals surface area (Å²) in [5.74, 6) is 0.194. The summed E-state index contributed by atoms with van der Waals surface area (Å²) in [6, 6.07) is 12.5. The van der Waals surface area contributed by atoms with Crippen molar-refractivity contribution < 1.29 is 9.53 Å². The molecule has 1 aliphatic rings.